The fourth-order valence-corrected chi connectivity index (χ4v) is 2.62. The summed E-state index contributed by atoms with van der Waals surface area (Å²) in [6.45, 7) is 4.58. The second kappa shape index (κ2) is 6.11. The molecule has 0 unspecified atom stereocenters. The Kier molecular flexibility index (Phi) is 4.49. The summed E-state index contributed by atoms with van der Waals surface area (Å²) in [6.07, 6.45) is 3.02. The van der Waals surface area contributed by atoms with Crippen LogP contribution in [-0.4, -0.2) is 21.6 Å². The molecule has 0 N–H and O–H groups in total. The molecule has 0 bridgehead atoms. The van der Waals surface area contributed by atoms with Gasteiger partial charge in [-0.1, -0.05) is 18.5 Å². The maximum absolute atomic E-state index is 5.99. The third kappa shape index (κ3) is 2.97. The second-order valence-electron chi connectivity index (χ2n) is 3.76. The van der Waals surface area contributed by atoms with Crippen molar-refractivity contribution in [3.05, 3.63) is 33.1 Å². The number of hydrogen-bond donors (Lipinski definition) is 0. The molecular weight excluding hydrogens is 270 g/mol. The number of aryl methyl sites for hydroxylation is 1. The molecule has 0 aliphatic rings. The van der Waals surface area contributed by atoms with Gasteiger partial charge in [-0.3, -0.25) is 0 Å². The Bertz CT molecular complexity index is 530. The van der Waals surface area contributed by atoms with Crippen LogP contribution < -0.4 is 4.74 Å². The molecule has 0 radical (unpaired) electrons. The van der Waals surface area contributed by atoms with Gasteiger partial charge in [0.25, 0.3) is 0 Å². The summed E-state index contributed by atoms with van der Waals surface area (Å²) in [5.74, 6) is 0.583. The zero-order valence-corrected chi connectivity index (χ0v) is 11.9. The van der Waals surface area contributed by atoms with Crippen molar-refractivity contribution in [2.75, 3.05) is 6.61 Å². The highest BCUT2D eigenvalue weighted by atomic mass is 35.5. The lowest BCUT2D eigenvalue weighted by molar-refractivity contribution is 0.306. The Labute approximate surface area is 115 Å². The number of rotatable bonds is 5. The highest BCUT2D eigenvalue weighted by Crippen LogP contribution is 2.22. The Balaban J connectivity index is 1.98. The van der Waals surface area contributed by atoms with Gasteiger partial charge in [-0.15, -0.1) is 11.3 Å². The van der Waals surface area contributed by atoms with Crippen LogP contribution in [0.4, 0.5) is 0 Å². The molecule has 2 rings (SSSR count). The van der Waals surface area contributed by atoms with E-state index in [4.69, 9.17) is 16.3 Å². The molecule has 0 fully saturated rings. The second-order valence-corrected chi connectivity index (χ2v) is 5.06. The van der Waals surface area contributed by atoms with Crippen LogP contribution in [0.5, 0.6) is 5.88 Å². The van der Waals surface area contributed by atoms with E-state index in [2.05, 4.69) is 15.0 Å². The molecule has 0 saturated carbocycles. The average Bonchev–Trinajstić information content (AvgIpc) is 2.75. The van der Waals surface area contributed by atoms with Crippen LogP contribution in [0.15, 0.2) is 11.8 Å². The third-order valence-corrected chi connectivity index (χ3v) is 3.94. The Morgan fingerprint density at radius 2 is 2.17 bits per heavy atom. The molecule has 6 heteroatoms. The van der Waals surface area contributed by atoms with E-state index >= 15 is 0 Å². The summed E-state index contributed by atoms with van der Waals surface area (Å²) >= 11 is 7.64. The van der Waals surface area contributed by atoms with Crippen molar-refractivity contribution in [1.82, 2.24) is 15.0 Å². The molecule has 0 saturated heterocycles. The lowest BCUT2D eigenvalue weighted by atomic mass is 10.2. The smallest absolute Gasteiger partial charge is 0.221 e. The van der Waals surface area contributed by atoms with E-state index in [0.717, 1.165) is 24.1 Å². The first-order valence-corrected chi connectivity index (χ1v) is 6.99. The van der Waals surface area contributed by atoms with Gasteiger partial charge in [-0.25, -0.2) is 15.0 Å². The Morgan fingerprint density at radius 1 is 1.33 bits per heavy atom. The molecule has 2 aromatic rings. The van der Waals surface area contributed by atoms with Gasteiger partial charge in [0.1, 0.15) is 11.5 Å². The molecule has 0 aromatic carbocycles. The molecule has 96 valence electrons. The summed E-state index contributed by atoms with van der Waals surface area (Å²) < 4.78 is 5.68. The normalized spacial score (nSPS) is 10.6. The molecular formula is C12H14ClN3OS. The third-order valence-electron chi connectivity index (χ3n) is 2.62. The predicted molar refractivity (Wildman–Crippen MR) is 72.5 cm³/mol. The van der Waals surface area contributed by atoms with Gasteiger partial charge < -0.3 is 4.74 Å². The maximum atomic E-state index is 5.99. The molecule has 0 atom stereocenters. The number of ether oxygens (including phenoxy) is 1. The number of halogens is 1. The van der Waals surface area contributed by atoms with E-state index in [9.17, 15) is 0 Å². The fourth-order valence-electron chi connectivity index (χ4n) is 1.60. The molecule has 0 aliphatic heterocycles. The summed E-state index contributed by atoms with van der Waals surface area (Å²) in [5.41, 5.74) is 3.78. The monoisotopic (exact) mass is 283 g/mol. The first-order chi connectivity index (χ1) is 8.72. The zero-order chi connectivity index (χ0) is 13.0. The van der Waals surface area contributed by atoms with Crippen molar-refractivity contribution in [2.24, 2.45) is 0 Å². The molecule has 0 spiro atoms. The standard InChI is InChI=1S/C12H14ClN3OS/c1-3-9-11(13)14-6-15-12(9)17-5-4-10-8(2)16-7-18-10/h6-7H,3-5H2,1-2H3. The van der Waals surface area contributed by atoms with Crippen molar-refractivity contribution in [2.45, 2.75) is 26.7 Å². The fraction of sp³-hybridized carbons (Fsp3) is 0.417. The Morgan fingerprint density at radius 3 is 2.83 bits per heavy atom. The summed E-state index contributed by atoms with van der Waals surface area (Å²) in [4.78, 5) is 13.5. The number of nitrogens with zero attached hydrogens (tertiary/aromatic N) is 3. The SMILES string of the molecule is CCc1c(Cl)ncnc1OCCc1scnc1C. The van der Waals surface area contributed by atoms with Crippen LogP contribution in [0, 0.1) is 6.92 Å². The molecule has 2 heterocycles. The minimum absolute atomic E-state index is 0.469. The summed E-state index contributed by atoms with van der Waals surface area (Å²) in [5, 5.41) is 0.469. The quantitative estimate of drug-likeness (QED) is 0.791. The Hall–Kier alpha value is -1.20. The predicted octanol–water partition coefficient (Wildman–Crippen LogP) is 3.08. The minimum Gasteiger partial charge on any atom is -0.477 e. The van der Waals surface area contributed by atoms with Crippen LogP contribution in [0.2, 0.25) is 5.15 Å². The topological polar surface area (TPSA) is 47.9 Å². The molecule has 18 heavy (non-hydrogen) atoms. The van der Waals surface area contributed by atoms with Gasteiger partial charge in [0.05, 0.1) is 23.4 Å². The zero-order valence-electron chi connectivity index (χ0n) is 10.3. The van der Waals surface area contributed by atoms with Gasteiger partial charge in [-0.2, -0.15) is 0 Å². The van der Waals surface area contributed by atoms with E-state index in [-0.39, 0.29) is 0 Å². The largest absolute Gasteiger partial charge is 0.477 e. The van der Waals surface area contributed by atoms with Crippen LogP contribution in [-0.2, 0) is 12.8 Å². The van der Waals surface area contributed by atoms with Gasteiger partial charge >= 0.3 is 0 Å². The number of thiazole rings is 1. The van der Waals surface area contributed by atoms with Crippen LogP contribution >= 0.6 is 22.9 Å². The minimum atomic E-state index is 0.469. The molecule has 0 aliphatic carbocycles. The first kappa shape index (κ1) is 13.2. The van der Waals surface area contributed by atoms with Crippen molar-refractivity contribution >= 4 is 22.9 Å². The first-order valence-electron chi connectivity index (χ1n) is 5.73. The van der Waals surface area contributed by atoms with Gasteiger partial charge in [0.15, 0.2) is 0 Å². The van der Waals surface area contributed by atoms with Crippen LogP contribution in [0.25, 0.3) is 0 Å². The van der Waals surface area contributed by atoms with Gasteiger partial charge in [0.2, 0.25) is 5.88 Å². The summed E-state index contributed by atoms with van der Waals surface area (Å²) in [7, 11) is 0. The van der Waals surface area contributed by atoms with E-state index in [1.54, 1.807) is 11.3 Å². The highest BCUT2D eigenvalue weighted by molar-refractivity contribution is 7.09. The van der Waals surface area contributed by atoms with Gasteiger partial charge in [0, 0.05) is 11.3 Å². The van der Waals surface area contributed by atoms with Crippen molar-refractivity contribution in [3.8, 4) is 5.88 Å². The highest BCUT2D eigenvalue weighted by Gasteiger charge is 2.09. The molecule has 4 nitrogen and oxygen atoms in total. The average molecular weight is 284 g/mol. The lowest BCUT2D eigenvalue weighted by Gasteiger charge is -2.09. The summed E-state index contributed by atoms with van der Waals surface area (Å²) in [6, 6.07) is 0. The van der Waals surface area contributed by atoms with E-state index in [1.807, 2.05) is 19.4 Å². The number of hydrogen-bond acceptors (Lipinski definition) is 5. The van der Waals surface area contributed by atoms with E-state index in [1.165, 1.54) is 11.2 Å². The molecule has 0 amide bonds. The molecule has 2 aromatic heterocycles. The van der Waals surface area contributed by atoms with E-state index in [0.29, 0.717) is 17.6 Å². The van der Waals surface area contributed by atoms with Crippen molar-refractivity contribution < 1.29 is 4.74 Å². The van der Waals surface area contributed by atoms with Crippen LogP contribution in [0.3, 0.4) is 0 Å². The number of aromatic nitrogens is 3. The lowest BCUT2D eigenvalue weighted by Crippen LogP contribution is -2.05. The maximum Gasteiger partial charge on any atom is 0.221 e. The van der Waals surface area contributed by atoms with Crippen molar-refractivity contribution in [3.63, 3.8) is 0 Å². The van der Waals surface area contributed by atoms with Gasteiger partial charge in [-0.05, 0) is 13.3 Å². The van der Waals surface area contributed by atoms with E-state index < -0.39 is 0 Å². The van der Waals surface area contributed by atoms with Crippen molar-refractivity contribution in [1.29, 1.82) is 0 Å². The van der Waals surface area contributed by atoms with Crippen LogP contribution in [0.1, 0.15) is 23.1 Å².